The van der Waals surface area contributed by atoms with Crippen molar-refractivity contribution in [2.45, 2.75) is 19.3 Å². The van der Waals surface area contributed by atoms with Crippen LogP contribution >= 0.6 is 11.8 Å². The summed E-state index contributed by atoms with van der Waals surface area (Å²) >= 11 is 1.55. The number of carbonyl (C=O) groups is 1. The standard InChI is InChI=1S/C22H21N3O2S/c1-15-7-9-16(10-8-15)24-13-25-21(26)11-18(19(12-23)22(25)28-14-24)17-5-3-4-6-20(17)27-2/h3-10,18H,11,13-14H2,1-2H3/t18-/m1/s1. The first-order valence-corrected chi connectivity index (χ1v) is 10.1. The normalized spacial score (nSPS) is 19.3. The lowest BCUT2D eigenvalue weighted by Gasteiger charge is -2.42. The highest BCUT2D eigenvalue weighted by molar-refractivity contribution is 8.03. The number of benzene rings is 2. The first-order chi connectivity index (χ1) is 13.6. The van der Waals surface area contributed by atoms with Crippen molar-refractivity contribution in [1.29, 1.82) is 5.26 Å². The van der Waals surface area contributed by atoms with Crippen molar-refractivity contribution in [1.82, 2.24) is 4.90 Å². The molecule has 2 heterocycles. The zero-order chi connectivity index (χ0) is 19.7. The van der Waals surface area contributed by atoms with E-state index in [9.17, 15) is 10.1 Å². The summed E-state index contributed by atoms with van der Waals surface area (Å²) in [6.07, 6.45) is 0.273. The average molecular weight is 391 g/mol. The third kappa shape index (κ3) is 3.23. The van der Waals surface area contributed by atoms with Gasteiger partial charge < -0.3 is 9.64 Å². The summed E-state index contributed by atoms with van der Waals surface area (Å²) in [5.41, 5.74) is 3.83. The maximum atomic E-state index is 13.0. The molecule has 142 valence electrons. The molecular formula is C22H21N3O2S. The van der Waals surface area contributed by atoms with Crippen LogP contribution in [0.5, 0.6) is 5.75 Å². The Labute approximate surface area is 169 Å². The molecule has 0 spiro atoms. The number of para-hydroxylation sites is 1. The largest absolute Gasteiger partial charge is 0.496 e. The van der Waals surface area contributed by atoms with Crippen molar-refractivity contribution in [3.8, 4) is 11.8 Å². The number of nitrogens with zero attached hydrogens (tertiary/aromatic N) is 3. The Kier molecular flexibility index (Phi) is 5.01. The highest BCUT2D eigenvalue weighted by Crippen LogP contribution is 2.45. The van der Waals surface area contributed by atoms with Gasteiger partial charge in [-0.15, -0.1) is 0 Å². The van der Waals surface area contributed by atoms with E-state index in [0.717, 1.165) is 16.3 Å². The Balaban J connectivity index is 1.68. The van der Waals surface area contributed by atoms with Crippen LogP contribution in [0.3, 0.4) is 0 Å². The van der Waals surface area contributed by atoms with Gasteiger partial charge in [0.25, 0.3) is 0 Å². The third-order valence-electron chi connectivity index (χ3n) is 5.21. The lowest BCUT2D eigenvalue weighted by molar-refractivity contribution is -0.129. The number of carbonyl (C=O) groups excluding carboxylic acids is 1. The van der Waals surface area contributed by atoms with Crippen molar-refractivity contribution in [2.75, 3.05) is 24.6 Å². The number of hydrogen-bond donors (Lipinski definition) is 0. The molecule has 1 saturated heterocycles. The molecule has 0 radical (unpaired) electrons. The van der Waals surface area contributed by atoms with E-state index in [4.69, 9.17) is 4.74 Å². The van der Waals surface area contributed by atoms with Gasteiger partial charge in [0.1, 0.15) is 5.75 Å². The quantitative estimate of drug-likeness (QED) is 0.784. The summed E-state index contributed by atoms with van der Waals surface area (Å²) in [4.78, 5) is 16.9. The van der Waals surface area contributed by atoms with E-state index < -0.39 is 0 Å². The second kappa shape index (κ2) is 7.61. The summed E-state index contributed by atoms with van der Waals surface area (Å²) < 4.78 is 5.48. The first kappa shape index (κ1) is 18.5. The van der Waals surface area contributed by atoms with Crippen LogP contribution in [0.15, 0.2) is 59.1 Å². The predicted molar refractivity (Wildman–Crippen MR) is 111 cm³/mol. The predicted octanol–water partition coefficient (Wildman–Crippen LogP) is 4.22. The van der Waals surface area contributed by atoms with Crippen molar-refractivity contribution in [3.63, 3.8) is 0 Å². The van der Waals surface area contributed by atoms with Crippen LogP contribution in [0.4, 0.5) is 5.69 Å². The van der Waals surface area contributed by atoms with Gasteiger partial charge in [0, 0.05) is 23.6 Å². The van der Waals surface area contributed by atoms with Gasteiger partial charge in [-0.1, -0.05) is 47.7 Å². The molecule has 4 rings (SSSR count). The van der Waals surface area contributed by atoms with Gasteiger partial charge in [0.2, 0.25) is 5.91 Å². The van der Waals surface area contributed by atoms with Gasteiger partial charge in [-0.05, 0) is 25.1 Å². The van der Waals surface area contributed by atoms with E-state index >= 15 is 0 Å². The fourth-order valence-electron chi connectivity index (χ4n) is 3.70. The highest BCUT2D eigenvalue weighted by Gasteiger charge is 2.39. The lowest BCUT2D eigenvalue weighted by Crippen LogP contribution is -2.47. The van der Waals surface area contributed by atoms with Crippen LogP contribution in [-0.4, -0.2) is 30.5 Å². The Morgan fingerprint density at radius 3 is 2.64 bits per heavy atom. The zero-order valence-corrected chi connectivity index (χ0v) is 16.7. The van der Waals surface area contributed by atoms with Crippen LogP contribution in [0, 0.1) is 18.3 Å². The number of allylic oxidation sites excluding steroid dienone is 1. The second-order valence-electron chi connectivity index (χ2n) is 6.94. The minimum atomic E-state index is -0.265. The number of hydrogen-bond acceptors (Lipinski definition) is 5. The van der Waals surface area contributed by atoms with Gasteiger partial charge in [-0.25, -0.2) is 0 Å². The molecule has 1 fully saturated rings. The van der Waals surface area contributed by atoms with E-state index in [2.05, 4.69) is 42.2 Å². The number of anilines is 1. The molecule has 2 aliphatic rings. The minimum absolute atomic E-state index is 0.0363. The van der Waals surface area contributed by atoms with E-state index in [0.29, 0.717) is 23.9 Å². The topological polar surface area (TPSA) is 56.6 Å². The second-order valence-corrected chi connectivity index (χ2v) is 7.87. The molecule has 6 heteroatoms. The van der Waals surface area contributed by atoms with Crippen LogP contribution in [0.1, 0.15) is 23.5 Å². The van der Waals surface area contributed by atoms with E-state index in [1.54, 1.807) is 23.8 Å². The van der Waals surface area contributed by atoms with E-state index in [-0.39, 0.29) is 18.2 Å². The van der Waals surface area contributed by atoms with Crippen molar-refractivity contribution in [2.24, 2.45) is 0 Å². The van der Waals surface area contributed by atoms with Gasteiger partial charge in [-0.2, -0.15) is 5.26 Å². The number of aryl methyl sites for hydroxylation is 1. The fourth-order valence-corrected chi connectivity index (χ4v) is 4.87. The smallest absolute Gasteiger partial charge is 0.229 e. The molecule has 0 bridgehead atoms. The van der Waals surface area contributed by atoms with Crippen LogP contribution < -0.4 is 9.64 Å². The SMILES string of the molecule is COc1ccccc1[C@H]1CC(=O)N2CN(c3ccc(C)cc3)CSC2=C1C#N. The lowest BCUT2D eigenvalue weighted by atomic mass is 9.86. The number of nitriles is 1. The third-order valence-corrected chi connectivity index (χ3v) is 6.36. The molecule has 0 unspecified atom stereocenters. The molecule has 5 nitrogen and oxygen atoms in total. The number of amides is 1. The summed E-state index contributed by atoms with van der Waals surface area (Å²) in [5, 5.41) is 10.7. The molecule has 0 aromatic heterocycles. The van der Waals surface area contributed by atoms with Gasteiger partial charge in [-0.3, -0.25) is 9.69 Å². The maximum absolute atomic E-state index is 13.0. The highest BCUT2D eigenvalue weighted by atomic mass is 32.2. The van der Waals surface area contributed by atoms with Crippen LogP contribution in [0.25, 0.3) is 0 Å². The Morgan fingerprint density at radius 1 is 1.18 bits per heavy atom. The Bertz CT molecular complexity index is 978. The minimum Gasteiger partial charge on any atom is -0.496 e. The number of methoxy groups -OCH3 is 1. The molecule has 2 aliphatic heterocycles. The molecule has 28 heavy (non-hydrogen) atoms. The van der Waals surface area contributed by atoms with E-state index in [1.807, 2.05) is 24.3 Å². The van der Waals surface area contributed by atoms with Crippen molar-refractivity contribution in [3.05, 3.63) is 70.3 Å². The molecule has 0 saturated carbocycles. The maximum Gasteiger partial charge on any atom is 0.229 e. The molecular weight excluding hydrogens is 370 g/mol. The average Bonchev–Trinajstić information content (AvgIpc) is 2.74. The van der Waals surface area contributed by atoms with Crippen LogP contribution in [0.2, 0.25) is 0 Å². The molecule has 0 aliphatic carbocycles. The molecule has 0 N–H and O–H groups in total. The molecule has 1 amide bonds. The summed E-state index contributed by atoms with van der Waals surface area (Å²) in [7, 11) is 1.61. The Morgan fingerprint density at radius 2 is 1.93 bits per heavy atom. The van der Waals surface area contributed by atoms with Gasteiger partial charge in [0.15, 0.2) is 0 Å². The van der Waals surface area contributed by atoms with Crippen molar-refractivity contribution >= 4 is 23.4 Å². The fraction of sp³-hybridized carbons (Fsp3) is 0.273. The monoisotopic (exact) mass is 391 g/mol. The van der Waals surface area contributed by atoms with Crippen molar-refractivity contribution < 1.29 is 9.53 Å². The number of rotatable bonds is 3. The summed E-state index contributed by atoms with van der Waals surface area (Å²) in [6, 6.07) is 18.3. The number of fused-ring (bicyclic) bond motifs is 1. The molecule has 1 atom stereocenters. The van der Waals surface area contributed by atoms with Gasteiger partial charge >= 0.3 is 0 Å². The zero-order valence-electron chi connectivity index (χ0n) is 15.9. The van der Waals surface area contributed by atoms with E-state index in [1.165, 1.54) is 5.56 Å². The Hall–Kier alpha value is -2.91. The molecule has 2 aromatic carbocycles. The number of thioether (sulfide) groups is 1. The van der Waals surface area contributed by atoms with Gasteiger partial charge in [0.05, 0.1) is 36.3 Å². The number of ether oxygens (including phenoxy) is 1. The first-order valence-electron chi connectivity index (χ1n) is 9.14. The summed E-state index contributed by atoms with van der Waals surface area (Å²) in [5.74, 6) is 1.18. The van der Waals surface area contributed by atoms with Crippen LogP contribution in [-0.2, 0) is 4.79 Å². The molecule has 2 aromatic rings. The summed E-state index contributed by atoms with van der Waals surface area (Å²) in [6.45, 7) is 2.52.